The maximum absolute atomic E-state index is 11.5. The number of amides is 2. The Kier molecular flexibility index (Phi) is 5.70. The molecular formula is C13H18N2O3. The fraction of sp³-hybridized carbons (Fsp3) is 0.385. The molecular weight excluding hydrogens is 232 g/mol. The average molecular weight is 250 g/mol. The summed E-state index contributed by atoms with van der Waals surface area (Å²) in [6, 6.07) is 7.33. The van der Waals surface area contributed by atoms with Crippen LogP contribution < -0.4 is 15.4 Å². The Morgan fingerprint density at radius 2 is 1.83 bits per heavy atom. The smallest absolute Gasteiger partial charge is 0.309 e. The van der Waals surface area contributed by atoms with Crippen molar-refractivity contribution >= 4 is 11.8 Å². The van der Waals surface area contributed by atoms with Gasteiger partial charge in [-0.05, 0) is 12.5 Å². The normalized spacial score (nSPS) is 9.67. The Balaban J connectivity index is 2.49. The van der Waals surface area contributed by atoms with E-state index in [1.807, 2.05) is 25.1 Å². The molecule has 0 aliphatic heterocycles. The highest BCUT2D eigenvalue weighted by Gasteiger charge is 2.12. The summed E-state index contributed by atoms with van der Waals surface area (Å²) in [6.07, 6.45) is 0.797. The molecule has 2 N–H and O–H groups in total. The highest BCUT2D eigenvalue weighted by molar-refractivity contribution is 6.35. The molecule has 1 aromatic rings. The zero-order chi connectivity index (χ0) is 13.4. The molecule has 0 fully saturated rings. The van der Waals surface area contributed by atoms with E-state index in [-0.39, 0.29) is 6.54 Å². The lowest BCUT2D eigenvalue weighted by Crippen LogP contribution is -2.39. The van der Waals surface area contributed by atoms with Crippen LogP contribution >= 0.6 is 0 Å². The molecule has 0 bridgehead atoms. The van der Waals surface area contributed by atoms with Crippen LogP contribution in [0.5, 0.6) is 5.75 Å². The number of rotatable bonds is 5. The van der Waals surface area contributed by atoms with Gasteiger partial charge in [0.2, 0.25) is 0 Å². The first-order valence-corrected chi connectivity index (χ1v) is 5.87. The highest BCUT2D eigenvalue weighted by atomic mass is 16.5. The van der Waals surface area contributed by atoms with Gasteiger partial charge in [0.1, 0.15) is 5.75 Å². The van der Waals surface area contributed by atoms with Gasteiger partial charge in [0.25, 0.3) is 0 Å². The standard InChI is InChI=1S/C13H18N2O3/c1-3-8-14-12(16)13(17)15-9-10-6-4-5-7-11(10)18-2/h4-7H,3,8-9H2,1-2H3,(H,14,16)(H,15,17). The summed E-state index contributed by atoms with van der Waals surface area (Å²) in [7, 11) is 1.56. The van der Waals surface area contributed by atoms with Crippen LogP contribution in [0.2, 0.25) is 0 Å². The first-order chi connectivity index (χ1) is 8.69. The van der Waals surface area contributed by atoms with Crippen LogP contribution in [0.15, 0.2) is 24.3 Å². The van der Waals surface area contributed by atoms with E-state index in [1.165, 1.54) is 0 Å². The second-order valence-electron chi connectivity index (χ2n) is 3.75. The Morgan fingerprint density at radius 1 is 1.17 bits per heavy atom. The van der Waals surface area contributed by atoms with Crippen molar-refractivity contribution in [1.82, 2.24) is 10.6 Å². The molecule has 0 saturated carbocycles. The SMILES string of the molecule is CCCNC(=O)C(=O)NCc1ccccc1OC. The highest BCUT2D eigenvalue weighted by Crippen LogP contribution is 2.16. The number of nitrogens with one attached hydrogen (secondary N) is 2. The topological polar surface area (TPSA) is 67.4 Å². The molecule has 0 spiro atoms. The van der Waals surface area contributed by atoms with Crippen LogP contribution in [-0.4, -0.2) is 25.5 Å². The van der Waals surface area contributed by atoms with Crippen molar-refractivity contribution in [2.24, 2.45) is 0 Å². The fourth-order valence-corrected chi connectivity index (χ4v) is 1.42. The van der Waals surface area contributed by atoms with Crippen molar-refractivity contribution in [3.63, 3.8) is 0 Å². The van der Waals surface area contributed by atoms with Gasteiger partial charge in [-0.25, -0.2) is 0 Å². The Bertz CT molecular complexity index is 418. The molecule has 0 heterocycles. The predicted molar refractivity (Wildman–Crippen MR) is 68.1 cm³/mol. The van der Waals surface area contributed by atoms with E-state index in [9.17, 15) is 9.59 Å². The van der Waals surface area contributed by atoms with E-state index in [0.29, 0.717) is 12.3 Å². The Hall–Kier alpha value is -2.04. The summed E-state index contributed by atoms with van der Waals surface area (Å²) in [5.74, 6) is -0.548. The van der Waals surface area contributed by atoms with Crippen LogP contribution in [0.4, 0.5) is 0 Å². The summed E-state index contributed by atoms with van der Waals surface area (Å²) in [4.78, 5) is 22.8. The molecule has 0 aliphatic rings. The van der Waals surface area contributed by atoms with Gasteiger partial charge in [-0.2, -0.15) is 0 Å². The largest absolute Gasteiger partial charge is 0.496 e. The third-order valence-electron chi connectivity index (χ3n) is 2.37. The quantitative estimate of drug-likeness (QED) is 0.761. The molecule has 98 valence electrons. The van der Waals surface area contributed by atoms with E-state index in [1.54, 1.807) is 13.2 Å². The molecule has 5 heteroatoms. The maximum atomic E-state index is 11.5. The molecule has 0 unspecified atom stereocenters. The third-order valence-corrected chi connectivity index (χ3v) is 2.37. The van der Waals surface area contributed by atoms with Gasteiger partial charge < -0.3 is 15.4 Å². The number of benzene rings is 1. The van der Waals surface area contributed by atoms with Crippen LogP contribution in [0, 0.1) is 0 Å². The molecule has 1 aromatic carbocycles. The summed E-state index contributed by atoms with van der Waals surface area (Å²) in [6.45, 7) is 2.69. The number of carbonyl (C=O) groups is 2. The van der Waals surface area contributed by atoms with Crippen LogP contribution in [-0.2, 0) is 16.1 Å². The van der Waals surface area contributed by atoms with Crippen molar-refractivity contribution in [2.45, 2.75) is 19.9 Å². The lowest BCUT2D eigenvalue weighted by molar-refractivity contribution is -0.139. The number of methoxy groups -OCH3 is 1. The van der Waals surface area contributed by atoms with Gasteiger partial charge in [-0.15, -0.1) is 0 Å². The molecule has 18 heavy (non-hydrogen) atoms. The van der Waals surface area contributed by atoms with E-state index in [2.05, 4.69) is 10.6 Å². The number of ether oxygens (including phenoxy) is 1. The molecule has 2 amide bonds. The molecule has 0 aromatic heterocycles. The Morgan fingerprint density at radius 3 is 2.50 bits per heavy atom. The zero-order valence-electron chi connectivity index (χ0n) is 10.7. The molecule has 0 radical (unpaired) electrons. The van der Waals surface area contributed by atoms with E-state index >= 15 is 0 Å². The van der Waals surface area contributed by atoms with E-state index in [0.717, 1.165) is 12.0 Å². The van der Waals surface area contributed by atoms with Crippen LogP contribution in [0.3, 0.4) is 0 Å². The first-order valence-electron chi connectivity index (χ1n) is 5.87. The molecule has 0 atom stereocenters. The number of hydrogen-bond acceptors (Lipinski definition) is 3. The predicted octanol–water partition coefficient (Wildman–Crippen LogP) is 0.838. The minimum absolute atomic E-state index is 0.266. The van der Waals surface area contributed by atoms with Crippen molar-refractivity contribution in [2.75, 3.05) is 13.7 Å². The van der Waals surface area contributed by atoms with Gasteiger partial charge in [-0.3, -0.25) is 9.59 Å². The summed E-state index contributed by atoms with van der Waals surface area (Å²) in [5.41, 5.74) is 0.830. The average Bonchev–Trinajstić information content (AvgIpc) is 2.42. The number of hydrogen-bond donors (Lipinski definition) is 2. The molecule has 0 saturated heterocycles. The minimum Gasteiger partial charge on any atom is -0.496 e. The lowest BCUT2D eigenvalue weighted by atomic mass is 10.2. The van der Waals surface area contributed by atoms with Gasteiger partial charge >= 0.3 is 11.8 Å². The summed E-state index contributed by atoms with van der Waals surface area (Å²) >= 11 is 0. The van der Waals surface area contributed by atoms with Crippen LogP contribution in [0.25, 0.3) is 0 Å². The van der Waals surface area contributed by atoms with Gasteiger partial charge in [0.05, 0.1) is 7.11 Å². The summed E-state index contributed by atoms with van der Waals surface area (Å²) < 4.78 is 5.15. The second-order valence-corrected chi connectivity index (χ2v) is 3.75. The minimum atomic E-state index is -0.630. The molecule has 1 rings (SSSR count). The third kappa shape index (κ3) is 4.08. The Labute approximate surface area is 107 Å². The fourth-order valence-electron chi connectivity index (χ4n) is 1.42. The van der Waals surface area contributed by atoms with Crippen LogP contribution in [0.1, 0.15) is 18.9 Å². The van der Waals surface area contributed by atoms with E-state index in [4.69, 9.17) is 4.74 Å². The summed E-state index contributed by atoms with van der Waals surface area (Å²) in [5, 5.41) is 5.07. The van der Waals surface area contributed by atoms with Crippen molar-refractivity contribution in [1.29, 1.82) is 0 Å². The number of carbonyl (C=O) groups excluding carboxylic acids is 2. The van der Waals surface area contributed by atoms with Gasteiger partial charge in [0, 0.05) is 18.7 Å². The monoisotopic (exact) mass is 250 g/mol. The van der Waals surface area contributed by atoms with Crippen molar-refractivity contribution < 1.29 is 14.3 Å². The maximum Gasteiger partial charge on any atom is 0.309 e. The zero-order valence-corrected chi connectivity index (χ0v) is 10.7. The van der Waals surface area contributed by atoms with Gasteiger partial charge in [-0.1, -0.05) is 25.1 Å². The molecule has 0 aliphatic carbocycles. The first kappa shape index (κ1) is 14.0. The molecule has 5 nitrogen and oxygen atoms in total. The number of para-hydroxylation sites is 1. The van der Waals surface area contributed by atoms with E-state index < -0.39 is 11.8 Å². The van der Waals surface area contributed by atoms with Gasteiger partial charge in [0.15, 0.2) is 0 Å². The second kappa shape index (κ2) is 7.32. The lowest BCUT2D eigenvalue weighted by Gasteiger charge is -2.09. The van der Waals surface area contributed by atoms with Crippen molar-refractivity contribution in [3.05, 3.63) is 29.8 Å². The van der Waals surface area contributed by atoms with Crippen molar-refractivity contribution in [3.8, 4) is 5.75 Å².